The standard InChI is InChI=1S/C25H25N5O5S2/c1-15-7-9-29(10-8-15)37(32,33)18-5-3-17(4-6-18)24(31)27-23-11-16(2)28-30(23)25-26-19-12-20-21(35-14-34-20)13-22(19)36-25/h3-6,11-13,15H,7-10,14H2,1-2H3,(H,27,31). The van der Waals surface area contributed by atoms with Gasteiger partial charge in [-0.15, -0.1) is 0 Å². The molecule has 4 heterocycles. The Hall–Kier alpha value is -3.48. The summed E-state index contributed by atoms with van der Waals surface area (Å²) < 4.78 is 40.9. The predicted molar refractivity (Wildman–Crippen MR) is 139 cm³/mol. The molecule has 4 aromatic rings. The van der Waals surface area contributed by atoms with E-state index in [2.05, 4.69) is 22.3 Å². The van der Waals surface area contributed by atoms with E-state index in [0.717, 1.165) is 23.1 Å². The van der Waals surface area contributed by atoms with Crippen molar-refractivity contribution in [1.29, 1.82) is 0 Å². The largest absolute Gasteiger partial charge is 0.454 e. The van der Waals surface area contributed by atoms with Crippen molar-refractivity contribution in [2.45, 2.75) is 31.6 Å². The average Bonchev–Trinajstić information content (AvgIpc) is 3.60. The van der Waals surface area contributed by atoms with Crippen molar-refractivity contribution < 1.29 is 22.7 Å². The van der Waals surface area contributed by atoms with Crippen LogP contribution in [0.5, 0.6) is 11.5 Å². The van der Waals surface area contributed by atoms with Crippen molar-refractivity contribution in [1.82, 2.24) is 19.1 Å². The van der Waals surface area contributed by atoms with E-state index >= 15 is 0 Å². The van der Waals surface area contributed by atoms with Crippen LogP contribution in [-0.4, -0.2) is 53.3 Å². The third-order valence-corrected chi connectivity index (χ3v) is 9.53. The SMILES string of the molecule is Cc1cc(NC(=O)c2ccc(S(=O)(=O)N3CCC(C)CC3)cc2)n(-c2nc3cc4c(cc3s2)OCO4)n1. The molecule has 2 aromatic carbocycles. The highest BCUT2D eigenvalue weighted by Gasteiger charge is 2.28. The van der Waals surface area contributed by atoms with Crippen molar-refractivity contribution in [3.8, 4) is 16.6 Å². The molecule has 6 rings (SSSR count). The van der Waals surface area contributed by atoms with Crippen LogP contribution in [0, 0.1) is 12.8 Å². The predicted octanol–water partition coefficient (Wildman–Crippen LogP) is 4.19. The molecule has 0 spiro atoms. The molecule has 1 saturated heterocycles. The number of anilines is 1. The Morgan fingerprint density at radius 2 is 1.78 bits per heavy atom. The smallest absolute Gasteiger partial charge is 0.256 e. The summed E-state index contributed by atoms with van der Waals surface area (Å²) in [5.41, 5.74) is 1.79. The molecule has 10 nitrogen and oxygen atoms in total. The minimum atomic E-state index is -3.58. The second-order valence-electron chi connectivity index (χ2n) is 9.32. The lowest BCUT2D eigenvalue weighted by Gasteiger charge is -2.29. The molecule has 1 amide bonds. The van der Waals surface area contributed by atoms with Gasteiger partial charge in [0.1, 0.15) is 5.82 Å². The van der Waals surface area contributed by atoms with E-state index in [1.807, 2.05) is 19.1 Å². The molecule has 0 radical (unpaired) electrons. The van der Waals surface area contributed by atoms with Crippen LogP contribution >= 0.6 is 11.3 Å². The normalized spacial score (nSPS) is 16.4. The molecule has 0 aliphatic carbocycles. The molecule has 12 heteroatoms. The lowest BCUT2D eigenvalue weighted by Crippen LogP contribution is -2.37. The number of rotatable bonds is 5. The van der Waals surface area contributed by atoms with Gasteiger partial charge in [-0.1, -0.05) is 18.3 Å². The van der Waals surface area contributed by atoms with E-state index < -0.39 is 10.0 Å². The number of carbonyl (C=O) groups excluding carboxylic acids is 1. The number of amides is 1. The van der Waals surface area contributed by atoms with E-state index in [0.29, 0.717) is 52.7 Å². The zero-order valence-electron chi connectivity index (χ0n) is 20.3. The van der Waals surface area contributed by atoms with Gasteiger partial charge >= 0.3 is 0 Å². The maximum atomic E-state index is 13.1. The number of nitrogens with zero attached hydrogens (tertiary/aromatic N) is 4. The minimum Gasteiger partial charge on any atom is -0.454 e. The number of aromatic nitrogens is 3. The molecule has 0 unspecified atom stereocenters. The summed E-state index contributed by atoms with van der Waals surface area (Å²) in [5, 5.41) is 7.97. The van der Waals surface area contributed by atoms with Gasteiger partial charge in [-0.05, 0) is 49.9 Å². The summed E-state index contributed by atoms with van der Waals surface area (Å²) in [5.74, 6) is 1.93. The highest BCUT2D eigenvalue weighted by molar-refractivity contribution is 7.89. The Kier molecular flexibility index (Phi) is 5.89. The van der Waals surface area contributed by atoms with Gasteiger partial charge in [0.2, 0.25) is 21.9 Å². The first-order valence-electron chi connectivity index (χ1n) is 12.0. The summed E-state index contributed by atoms with van der Waals surface area (Å²) in [6.07, 6.45) is 1.71. The van der Waals surface area contributed by atoms with Crippen LogP contribution in [0.2, 0.25) is 0 Å². The number of hydrogen-bond acceptors (Lipinski definition) is 8. The van der Waals surface area contributed by atoms with Gasteiger partial charge < -0.3 is 14.8 Å². The maximum Gasteiger partial charge on any atom is 0.256 e. The molecule has 0 saturated carbocycles. The molecular weight excluding hydrogens is 514 g/mol. The Balaban J connectivity index is 1.22. The topological polar surface area (TPSA) is 116 Å². The Morgan fingerprint density at radius 3 is 2.51 bits per heavy atom. The zero-order chi connectivity index (χ0) is 25.7. The molecule has 1 N–H and O–H groups in total. The van der Waals surface area contributed by atoms with Crippen LogP contribution in [0.4, 0.5) is 5.82 Å². The number of piperidine rings is 1. The number of carbonyl (C=O) groups is 1. The molecule has 1 fully saturated rings. The fourth-order valence-corrected chi connectivity index (χ4v) is 6.88. The third kappa shape index (κ3) is 4.45. The van der Waals surface area contributed by atoms with E-state index in [-0.39, 0.29) is 17.6 Å². The number of ether oxygens (including phenoxy) is 2. The van der Waals surface area contributed by atoms with Crippen LogP contribution in [0.3, 0.4) is 0 Å². The molecule has 0 atom stereocenters. The minimum absolute atomic E-state index is 0.189. The van der Waals surface area contributed by atoms with Gasteiger partial charge in [-0.2, -0.15) is 14.1 Å². The van der Waals surface area contributed by atoms with Gasteiger partial charge in [0.25, 0.3) is 5.91 Å². The second-order valence-corrected chi connectivity index (χ2v) is 12.3. The van der Waals surface area contributed by atoms with Crippen LogP contribution in [0.1, 0.15) is 35.8 Å². The number of fused-ring (bicyclic) bond motifs is 2. The summed E-state index contributed by atoms with van der Waals surface area (Å²) >= 11 is 1.42. The highest BCUT2D eigenvalue weighted by Crippen LogP contribution is 2.39. The van der Waals surface area contributed by atoms with Crippen LogP contribution in [0.25, 0.3) is 15.3 Å². The molecule has 37 heavy (non-hydrogen) atoms. The maximum absolute atomic E-state index is 13.1. The summed E-state index contributed by atoms with van der Waals surface area (Å²) in [6, 6.07) is 11.5. The summed E-state index contributed by atoms with van der Waals surface area (Å²) in [4.78, 5) is 17.9. The number of sulfonamides is 1. The third-order valence-electron chi connectivity index (χ3n) is 6.62. The lowest BCUT2D eigenvalue weighted by atomic mass is 10.0. The molecule has 0 bridgehead atoms. The number of hydrogen-bond donors (Lipinski definition) is 1. The van der Waals surface area contributed by atoms with Gasteiger partial charge in [0, 0.05) is 36.9 Å². The summed E-state index contributed by atoms with van der Waals surface area (Å²) in [7, 11) is -3.58. The number of aryl methyl sites for hydroxylation is 1. The quantitative estimate of drug-likeness (QED) is 0.404. The van der Waals surface area contributed by atoms with Crippen LogP contribution in [0.15, 0.2) is 47.4 Å². The summed E-state index contributed by atoms with van der Waals surface area (Å²) in [6.45, 7) is 5.19. The van der Waals surface area contributed by atoms with Gasteiger partial charge in [-0.25, -0.2) is 13.4 Å². The van der Waals surface area contributed by atoms with E-state index in [9.17, 15) is 13.2 Å². The monoisotopic (exact) mass is 539 g/mol. The number of thiazole rings is 1. The molecular formula is C25H25N5O5S2. The van der Waals surface area contributed by atoms with Crippen molar-refractivity contribution in [2.24, 2.45) is 5.92 Å². The van der Waals surface area contributed by atoms with Crippen molar-refractivity contribution in [3.63, 3.8) is 0 Å². The molecule has 2 aliphatic heterocycles. The number of nitrogens with one attached hydrogen (secondary N) is 1. The van der Waals surface area contributed by atoms with Gasteiger partial charge in [0.05, 0.1) is 20.8 Å². The first-order valence-corrected chi connectivity index (χ1v) is 14.2. The van der Waals surface area contributed by atoms with Gasteiger partial charge in [0.15, 0.2) is 11.5 Å². The molecule has 2 aliphatic rings. The zero-order valence-corrected chi connectivity index (χ0v) is 21.9. The fourth-order valence-electron chi connectivity index (χ4n) is 4.47. The number of benzene rings is 2. The van der Waals surface area contributed by atoms with E-state index in [4.69, 9.17) is 9.47 Å². The fraction of sp³-hybridized carbons (Fsp3) is 0.320. The second kappa shape index (κ2) is 9.12. The first kappa shape index (κ1) is 23.9. The van der Waals surface area contributed by atoms with Crippen molar-refractivity contribution >= 4 is 43.3 Å². The van der Waals surface area contributed by atoms with Crippen molar-refractivity contribution in [2.75, 3.05) is 25.2 Å². The van der Waals surface area contributed by atoms with E-state index in [1.165, 1.54) is 39.9 Å². The average molecular weight is 540 g/mol. The first-order chi connectivity index (χ1) is 17.8. The Morgan fingerprint density at radius 1 is 1.08 bits per heavy atom. The molecule has 2 aromatic heterocycles. The molecule has 192 valence electrons. The van der Waals surface area contributed by atoms with E-state index in [1.54, 1.807) is 10.7 Å². The Bertz CT molecular complexity index is 1560. The van der Waals surface area contributed by atoms with Crippen LogP contribution in [-0.2, 0) is 10.0 Å². The van der Waals surface area contributed by atoms with Crippen molar-refractivity contribution in [3.05, 3.63) is 53.7 Å². The van der Waals surface area contributed by atoms with Gasteiger partial charge in [-0.3, -0.25) is 4.79 Å². The lowest BCUT2D eigenvalue weighted by molar-refractivity contribution is 0.102. The highest BCUT2D eigenvalue weighted by atomic mass is 32.2. The Labute approximate surface area is 217 Å². The van der Waals surface area contributed by atoms with Crippen LogP contribution < -0.4 is 14.8 Å².